The number of nitrogens with one attached hydrogen (secondary N) is 1. The van der Waals surface area contributed by atoms with Crippen molar-refractivity contribution in [2.45, 2.75) is 44.3 Å². The molecule has 162 valence electrons. The zero-order valence-corrected chi connectivity index (χ0v) is 17.1. The van der Waals surface area contributed by atoms with Crippen LogP contribution in [-0.2, 0) is 11.3 Å². The summed E-state index contributed by atoms with van der Waals surface area (Å²) in [7, 11) is 0. The van der Waals surface area contributed by atoms with Crippen molar-refractivity contribution in [2.75, 3.05) is 19.6 Å². The Hall–Kier alpha value is -2.90. The van der Waals surface area contributed by atoms with Gasteiger partial charge in [-0.3, -0.25) is 14.7 Å². The minimum atomic E-state index is -2.14. The highest BCUT2D eigenvalue weighted by molar-refractivity contribution is 5.84. The fourth-order valence-corrected chi connectivity index (χ4v) is 4.87. The van der Waals surface area contributed by atoms with Crippen LogP contribution in [0.15, 0.2) is 51.7 Å². The molecule has 2 aliphatic rings. The number of rotatable bonds is 4. The molecule has 0 saturated carbocycles. The largest absolute Gasteiger partial charge is 0.417 e. The van der Waals surface area contributed by atoms with Gasteiger partial charge in [-0.1, -0.05) is 35.9 Å². The number of β-amino-alcohol motifs (C(OH)–C–C–N with tert-alkyl or cyclic N) is 1. The number of hydrogen-bond donors (Lipinski definition) is 2. The van der Waals surface area contributed by atoms with Crippen LogP contribution in [0, 0.1) is 6.85 Å². The van der Waals surface area contributed by atoms with Crippen molar-refractivity contribution in [1.82, 2.24) is 14.8 Å². The van der Waals surface area contributed by atoms with Gasteiger partial charge in [-0.15, -0.1) is 0 Å². The molecule has 31 heavy (non-hydrogen) atoms. The molecule has 7 nitrogen and oxygen atoms in total. The summed E-state index contributed by atoms with van der Waals surface area (Å²) in [6, 6.07) is 11.9. The number of piperidine rings is 1. The molecule has 1 amide bonds. The fraction of sp³-hybridized carbons (Fsp3) is 0.417. The van der Waals surface area contributed by atoms with Gasteiger partial charge in [0.15, 0.2) is 5.58 Å². The lowest BCUT2D eigenvalue weighted by Crippen LogP contribution is -2.50. The summed E-state index contributed by atoms with van der Waals surface area (Å²) in [5.74, 6) is -0.550. The van der Waals surface area contributed by atoms with Crippen molar-refractivity contribution < 1.29 is 18.4 Å². The van der Waals surface area contributed by atoms with Gasteiger partial charge in [-0.2, -0.15) is 0 Å². The van der Waals surface area contributed by atoms with Crippen molar-refractivity contribution in [3.8, 4) is 0 Å². The van der Waals surface area contributed by atoms with E-state index in [1.54, 1.807) is 41.3 Å². The molecule has 5 rings (SSSR count). The Morgan fingerprint density at radius 3 is 2.77 bits per heavy atom. The highest BCUT2D eigenvalue weighted by Crippen LogP contribution is 2.32. The lowest BCUT2D eigenvalue weighted by Gasteiger charge is -2.38. The van der Waals surface area contributed by atoms with Gasteiger partial charge in [0, 0.05) is 29.7 Å². The van der Waals surface area contributed by atoms with E-state index in [2.05, 4.69) is 9.88 Å². The highest BCUT2D eigenvalue weighted by atomic mass is 16.4. The number of benzene rings is 2. The first-order chi connectivity index (χ1) is 16.2. The van der Waals surface area contributed by atoms with Gasteiger partial charge in [-0.25, -0.2) is 4.79 Å². The maximum Gasteiger partial charge on any atom is 0.417 e. The Bertz CT molecular complexity index is 1250. The number of likely N-dealkylation sites (tertiary alicyclic amines) is 2. The molecule has 2 fully saturated rings. The number of aromatic nitrogens is 1. The van der Waals surface area contributed by atoms with Crippen LogP contribution in [0.4, 0.5) is 0 Å². The summed E-state index contributed by atoms with van der Waals surface area (Å²) in [5, 5.41) is 10.9. The van der Waals surface area contributed by atoms with E-state index >= 15 is 0 Å². The Balaban J connectivity index is 1.21. The van der Waals surface area contributed by atoms with E-state index in [1.165, 1.54) is 0 Å². The van der Waals surface area contributed by atoms with Crippen LogP contribution in [0.2, 0.25) is 0 Å². The second kappa shape index (κ2) is 7.98. The number of carbonyl (C=O) groups is 1. The third-order valence-electron chi connectivity index (χ3n) is 6.52. The lowest BCUT2D eigenvalue weighted by atomic mass is 9.86. The zero-order chi connectivity index (χ0) is 24.0. The molecule has 0 spiro atoms. The smallest absolute Gasteiger partial charge is 0.408 e. The monoisotopic (exact) mass is 424 g/mol. The van der Waals surface area contributed by atoms with Crippen LogP contribution in [0.3, 0.4) is 0 Å². The molecule has 0 radical (unpaired) electrons. The number of amides is 1. The molecule has 7 heteroatoms. The van der Waals surface area contributed by atoms with Gasteiger partial charge in [0.25, 0.3) is 0 Å². The van der Waals surface area contributed by atoms with Crippen LogP contribution in [0.5, 0.6) is 0 Å². The van der Waals surface area contributed by atoms with Crippen LogP contribution in [-0.4, -0.2) is 57.6 Å². The number of aliphatic hydroxyl groups is 1. The maximum atomic E-state index is 13.1. The Morgan fingerprint density at radius 2 is 2.00 bits per heavy atom. The fourth-order valence-electron chi connectivity index (χ4n) is 4.87. The van der Waals surface area contributed by atoms with Crippen LogP contribution in [0.25, 0.3) is 11.1 Å². The molecule has 3 aromatic rings. The normalized spacial score (nSPS) is 26.7. The Kier molecular flexibility index (Phi) is 4.31. The van der Waals surface area contributed by atoms with Crippen molar-refractivity contribution in [3.63, 3.8) is 0 Å². The predicted molar refractivity (Wildman–Crippen MR) is 117 cm³/mol. The van der Waals surface area contributed by atoms with Gasteiger partial charge >= 0.3 is 5.76 Å². The number of aryl methyl sites for hydroxylation is 1. The lowest BCUT2D eigenvalue weighted by molar-refractivity contribution is -0.133. The van der Waals surface area contributed by atoms with E-state index in [9.17, 15) is 14.7 Å². The van der Waals surface area contributed by atoms with Crippen molar-refractivity contribution in [3.05, 3.63) is 69.7 Å². The molecule has 3 atom stereocenters. The Morgan fingerprint density at radius 1 is 1.16 bits per heavy atom. The predicted octanol–water partition coefficient (Wildman–Crippen LogP) is 2.38. The van der Waals surface area contributed by atoms with Gasteiger partial charge in [-0.05, 0) is 49.5 Å². The minimum Gasteiger partial charge on any atom is -0.408 e. The summed E-state index contributed by atoms with van der Waals surface area (Å²) in [6.45, 7) is 0.0219. The van der Waals surface area contributed by atoms with Crippen molar-refractivity contribution in [1.29, 1.82) is 0 Å². The van der Waals surface area contributed by atoms with E-state index in [0.29, 0.717) is 50.1 Å². The maximum absolute atomic E-state index is 13.1. The first-order valence-corrected chi connectivity index (χ1v) is 10.6. The van der Waals surface area contributed by atoms with E-state index in [4.69, 9.17) is 8.53 Å². The number of H-pyrrole nitrogens is 1. The quantitative estimate of drug-likeness (QED) is 0.671. The summed E-state index contributed by atoms with van der Waals surface area (Å²) >= 11 is 0. The topological polar surface area (TPSA) is 89.8 Å². The van der Waals surface area contributed by atoms with E-state index in [0.717, 1.165) is 11.1 Å². The third-order valence-corrected chi connectivity index (χ3v) is 6.52. The average Bonchev–Trinajstić information content (AvgIpc) is 3.34. The molecule has 2 saturated heterocycles. The number of carbonyl (C=O) groups excluding carboxylic acids is 1. The van der Waals surface area contributed by atoms with E-state index in [1.807, 2.05) is 6.07 Å². The van der Waals surface area contributed by atoms with E-state index in [-0.39, 0.29) is 23.4 Å². The second-order valence-corrected chi connectivity index (χ2v) is 8.49. The standard InChI is InChI=1S/C24H27N3O4/c1-15-2-4-16(5-3-15)13-27-11-9-20(23(27)29)26-10-8-18(21(28)14-26)17-6-7-19-22(12-17)31-24(30)25-19/h2-7,12,18,20-21,28H,8-11,13-14H2,1H3,(H,25,30)/i1D3. The molecule has 3 unspecified atom stereocenters. The number of fused-ring (bicyclic) bond motifs is 1. The molecule has 0 aliphatic carbocycles. The second-order valence-electron chi connectivity index (χ2n) is 8.49. The summed E-state index contributed by atoms with van der Waals surface area (Å²) in [5.41, 5.74) is 3.21. The van der Waals surface area contributed by atoms with Gasteiger partial charge in [0.2, 0.25) is 5.91 Å². The van der Waals surface area contributed by atoms with Crippen LogP contribution < -0.4 is 5.76 Å². The SMILES string of the molecule is [2H]C([2H])([2H])c1ccc(CN2CCC(N3CCC(c4ccc5[nH]c(=O)oc5c4)C(O)C3)C2=O)cc1. The molecular weight excluding hydrogens is 394 g/mol. The number of nitrogens with zero attached hydrogens (tertiary/aromatic N) is 2. The summed E-state index contributed by atoms with van der Waals surface area (Å²) in [4.78, 5) is 31.0. The molecule has 2 aromatic carbocycles. The number of aliphatic hydroxyl groups excluding tert-OH is 1. The third kappa shape index (κ3) is 3.91. The van der Waals surface area contributed by atoms with Gasteiger partial charge in [0.05, 0.1) is 17.7 Å². The van der Waals surface area contributed by atoms with Crippen molar-refractivity contribution >= 4 is 17.0 Å². The van der Waals surface area contributed by atoms with Gasteiger partial charge in [0.1, 0.15) is 0 Å². The van der Waals surface area contributed by atoms with Crippen LogP contribution >= 0.6 is 0 Å². The molecular formula is C24H27N3O4. The minimum absolute atomic E-state index is 0.0427. The van der Waals surface area contributed by atoms with E-state index < -0.39 is 18.7 Å². The highest BCUT2D eigenvalue weighted by Gasteiger charge is 2.40. The average molecular weight is 425 g/mol. The first-order valence-electron chi connectivity index (χ1n) is 12.1. The summed E-state index contributed by atoms with van der Waals surface area (Å²) < 4.78 is 27.6. The number of hydrogen-bond acceptors (Lipinski definition) is 5. The molecule has 1 aromatic heterocycles. The Labute approximate surface area is 184 Å². The van der Waals surface area contributed by atoms with Gasteiger partial charge < -0.3 is 14.4 Å². The molecule has 0 bridgehead atoms. The first kappa shape index (κ1) is 16.8. The number of oxazole rings is 1. The van der Waals surface area contributed by atoms with Crippen molar-refractivity contribution in [2.24, 2.45) is 0 Å². The molecule has 2 aliphatic heterocycles. The zero-order valence-electron chi connectivity index (χ0n) is 20.1. The summed E-state index contributed by atoms with van der Waals surface area (Å²) in [6.07, 6.45) is 0.761. The number of aromatic amines is 1. The van der Waals surface area contributed by atoms with Crippen LogP contribution in [0.1, 0.15) is 39.6 Å². The molecule has 2 N–H and O–H groups in total. The molecule has 3 heterocycles.